The summed E-state index contributed by atoms with van der Waals surface area (Å²) in [4.78, 5) is 34.6. The van der Waals surface area contributed by atoms with Crippen LogP contribution >= 0.6 is 0 Å². The van der Waals surface area contributed by atoms with Crippen molar-refractivity contribution >= 4 is 28.4 Å². The van der Waals surface area contributed by atoms with Crippen molar-refractivity contribution in [3.63, 3.8) is 0 Å². The third kappa shape index (κ3) is 3.80. The number of hydrogen-bond donors (Lipinski definition) is 2. The average molecular weight is 385 g/mol. The zero-order valence-corrected chi connectivity index (χ0v) is 14.2. The van der Waals surface area contributed by atoms with Crippen LogP contribution < -0.4 is 5.43 Å². The van der Waals surface area contributed by atoms with Crippen LogP contribution in [0.2, 0.25) is 0 Å². The van der Waals surface area contributed by atoms with E-state index in [2.05, 4.69) is 0 Å². The molecule has 0 atom stereocenters. The summed E-state index contributed by atoms with van der Waals surface area (Å²) in [5, 5.41) is 18.7. The average Bonchev–Trinajstić information content (AvgIpc) is 2.65. The second kappa shape index (κ2) is 7.43. The van der Waals surface area contributed by atoms with Gasteiger partial charge in [-0.1, -0.05) is 12.1 Å². The molecule has 0 spiro atoms. The molecule has 8 heteroatoms. The van der Waals surface area contributed by atoms with E-state index < -0.39 is 34.6 Å². The van der Waals surface area contributed by atoms with Crippen molar-refractivity contribution in [3.05, 3.63) is 87.7 Å². The number of pyridine rings is 1. The molecule has 0 radical (unpaired) electrons. The van der Waals surface area contributed by atoms with E-state index in [0.29, 0.717) is 17.2 Å². The lowest BCUT2D eigenvalue weighted by Gasteiger charge is -2.14. The molecule has 0 saturated heterocycles. The number of nitrogens with zero attached hydrogens (tertiary/aromatic N) is 1. The first-order valence-corrected chi connectivity index (χ1v) is 8.01. The van der Waals surface area contributed by atoms with Gasteiger partial charge < -0.3 is 14.8 Å². The van der Waals surface area contributed by atoms with Crippen molar-refractivity contribution < 1.29 is 28.6 Å². The Kier molecular flexibility index (Phi) is 5.04. The summed E-state index contributed by atoms with van der Waals surface area (Å²) >= 11 is 0. The Morgan fingerprint density at radius 1 is 1.00 bits per heavy atom. The minimum atomic E-state index is -1.80. The molecular formula is C20H13F2NO5. The predicted molar refractivity (Wildman–Crippen MR) is 96.9 cm³/mol. The van der Waals surface area contributed by atoms with Crippen LogP contribution in [0.3, 0.4) is 0 Å². The van der Waals surface area contributed by atoms with E-state index in [9.17, 15) is 28.3 Å². The quantitative estimate of drug-likeness (QED) is 0.400. The summed E-state index contributed by atoms with van der Waals surface area (Å²) in [6, 6.07) is 9.06. The number of ketones is 1. The molecule has 0 amide bonds. The van der Waals surface area contributed by atoms with E-state index in [1.165, 1.54) is 41.1 Å². The summed E-state index contributed by atoms with van der Waals surface area (Å²) < 4.78 is 28.3. The Labute approximate surface area is 156 Å². The fourth-order valence-electron chi connectivity index (χ4n) is 2.73. The van der Waals surface area contributed by atoms with Crippen LogP contribution in [0.15, 0.2) is 59.5 Å². The molecule has 142 valence electrons. The highest BCUT2D eigenvalue weighted by molar-refractivity contribution is 6.38. The molecule has 1 aromatic heterocycles. The number of carbonyl (C=O) groups excluding carboxylic acids is 1. The number of aromatic nitrogens is 1. The third-order valence-corrected chi connectivity index (χ3v) is 4.06. The summed E-state index contributed by atoms with van der Waals surface area (Å²) in [6.07, 6.45) is 1.64. The number of aliphatic hydroxyl groups excluding tert-OH is 1. The highest BCUT2D eigenvalue weighted by atomic mass is 19.1. The maximum absolute atomic E-state index is 13.7. The Hall–Kier alpha value is -3.81. The molecule has 1 heterocycles. The van der Waals surface area contributed by atoms with Gasteiger partial charge in [-0.2, -0.15) is 0 Å². The normalized spacial score (nSPS) is 11.6. The first kappa shape index (κ1) is 19.0. The molecule has 2 aromatic carbocycles. The van der Waals surface area contributed by atoms with Crippen LogP contribution in [0.25, 0.3) is 16.7 Å². The summed E-state index contributed by atoms with van der Waals surface area (Å²) in [5.74, 6) is -5.17. The monoisotopic (exact) mass is 385 g/mol. The highest BCUT2D eigenvalue weighted by Crippen LogP contribution is 2.18. The molecule has 0 aliphatic carbocycles. The fraction of sp³-hybridized carbons (Fsp3) is 0.0500. The zero-order chi connectivity index (χ0) is 20.4. The molecule has 2 N–H and O–H groups in total. The van der Waals surface area contributed by atoms with Gasteiger partial charge in [0.25, 0.3) is 5.78 Å². The number of rotatable bonds is 5. The predicted octanol–water partition coefficient (Wildman–Crippen LogP) is 2.88. The van der Waals surface area contributed by atoms with E-state index >= 15 is 0 Å². The maximum atomic E-state index is 13.7. The lowest BCUT2D eigenvalue weighted by molar-refractivity contribution is -0.146. The largest absolute Gasteiger partial charge is 0.507 e. The van der Waals surface area contributed by atoms with Gasteiger partial charge in [0.15, 0.2) is 5.43 Å². The second-order valence-electron chi connectivity index (χ2n) is 5.99. The molecule has 0 saturated carbocycles. The summed E-state index contributed by atoms with van der Waals surface area (Å²) in [7, 11) is 0. The van der Waals surface area contributed by atoms with Crippen molar-refractivity contribution in [1.29, 1.82) is 0 Å². The van der Waals surface area contributed by atoms with Gasteiger partial charge in [0.1, 0.15) is 17.4 Å². The van der Waals surface area contributed by atoms with Gasteiger partial charge >= 0.3 is 5.97 Å². The molecule has 0 aliphatic heterocycles. The van der Waals surface area contributed by atoms with Gasteiger partial charge in [-0.25, -0.2) is 13.6 Å². The number of carbonyl (C=O) groups is 2. The van der Waals surface area contributed by atoms with Crippen molar-refractivity contribution in [1.82, 2.24) is 4.57 Å². The van der Waals surface area contributed by atoms with Crippen molar-refractivity contribution in [2.45, 2.75) is 6.54 Å². The minimum absolute atomic E-state index is 0.0673. The summed E-state index contributed by atoms with van der Waals surface area (Å²) in [5.41, 5.74) is -0.129. The maximum Gasteiger partial charge on any atom is 0.376 e. The van der Waals surface area contributed by atoms with Crippen LogP contribution in [-0.2, 0) is 16.1 Å². The molecule has 0 bridgehead atoms. The van der Waals surface area contributed by atoms with Crippen LogP contribution in [0.1, 0.15) is 11.1 Å². The number of carboxylic acid groups (broad SMARTS) is 1. The SMILES string of the molecule is O=C(O)C(=O)C=C(O)c1cn(Cc2ccc(F)cc2)c2ccc(F)cc2c1=O. The topological polar surface area (TPSA) is 96.6 Å². The van der Waals surface area contributed by atoms with Gasteiger partial charge in [0.05, 0.1) is 11.1 Å². The van der Waals surface area contributed by atoms with E-state index in [1.807, 2.05) is 0 Å². The number of aliphatic hydroxyl groups is 1. The second-order valence-corrected chi connectivity index (χ2v) is 5.99. The number of carboxylic acids is 1. The van der Waals surface area contributed by atoms with Crippen LogP contribution in [-0.4, -0.2) is 26.5 Å². The Balaban J connectivity index is 2.21. The molecule has 3 rings (SSSR count). The molecule has 6 nitrogen and oxygen atoms in total. The number of fused-ring (bicyclic) bond motifs is 1. The lowest BCUT2D eigenvalue weighted by Crippen LogP contribution is -2.17. The number of halogens is 2. The Morgan fingerprint density at radius 3 is 2.29 bits per heavy atom. The number of aliphatic carboxylic acids is 1. The van der Waals surface area contributed by atoms with Gasteiger partial charge in [-0.05, 0) is 35.9 Å². The van der Waals surface area contributed by atoms with Crippen LogP contribution in [0.5, 0.6) is 0 Å². The molecule has 3 aromatic rings. The van der Waals surface area contributed by atoms with E-state index in [-0.39, 0.29) is 17.5 Å². The van der Waals surface area contributed by atoms with Crippen molar-refractivity contribution in [2.75, 3.05) is 0 Å². The number of hydrogen-bond acceptors (Lipinski definition) is 4. The van der Waals surface area contributed by atoms with Gasteiger partial charge in [0, 0.05) is 24.2 Å². The van der Waals surface area contributed by atoms with Gasteiger partial charge in [-0.15, -0.1) is 0 Å². The molecule has 0 aliphatic rings. The van der Waals surface area contributed by atoms with E-state index in [1.54, 1.807) is 0 Å². The van der Waals surface area contributed by atoms with Crippen molar-refractivity contribution in [2.24, 2.45) is 0 Å². The van der Waals surface area contributed by atoms with Crippen LogP contribution in [0.4, 0.5) is 8.78 Å². The molecular weight excluding hydrogens is 372 g/mol. The smallest absolute Gasteiger partial charge is 0.376 e. The van der Waals surface area contributed by atoms with Crippen LogP contribution in [0, 0.1) is 11.6 Å². The third-order valence-electron chi connectivity index (χ3n) is 4.06. The first-order valence-electron chi connectivity index (χ1n) is 8.01. The first-order chi connectivity index (χ1) is 13.3. The minimum Gasteiger partial charge on any atom is -0.507 e. The highest BCUT2D eigenvalue weighted by Gasteiger charge is 2.16. The molecule has 0 fully saturated rings. The van der Waals surface area contributed by atoms with Crippen molar-refractivity contribution in [3.8, 4) is 0 Å². The summed E-state index contributed by atoms with van der Waals surface area (Å²) in [6.45, 7) is 0.149. The zero-order valence-electron chi connectivity index (χ0n) is 14.2. The van der Waals surface area contributed by atoms with Gasteiger partial charge in [-0.3, -0.25) is 9.59 Å². The lowest BCUT2D eigenvalue weighted by atomic mass is 10.1. The standard InChI is InChI=1S/C20H13F2NO5/c21-12-3-1-11(2-4-12)9-23-10-15(17(24)8-18(25)20(27)28)19(26)14-7-13(22)5-6-16(14)23/h1-8,10,24H,9H2,(H,27,28). The van der Waals surface area contributed by atoms with E-state index in [0.717, 1.165) is 12.1 Å². The Bertz CT molecular complexity index is 1180. The van der Waals surface area contributed by atoms with Gasteiger partial charge in [0.2, 0.25) is 0 Å². The molecule has 0 unspecified atom stereocenters. The van der Waals surface area contributed by atoms with E-state index in [4.69, 9.17) is 5.11 Å². The number of benzene rings is 2. The fourth-order valence-corrected chi connectivity index (χ4v) is 2.73. The Morgan fingerprint density at radius 2 is 1.64 bits per heavy atom. The molecule has 28 heavy (non-hydrogen) atoms.